The third-order valence-corrected chi connectivity index (χ3v) is 11.8. The van der Waals surface area contributed by atoms with Crippen LogP contribution < -0.4 is 0 Å². The standard InChI is InChI=1S/C18H42O11S2Si2/c1-7-23-32(24-8-2,25-9-3)17-13-15-21-30(19)29-31(20)22-16-14-18-33(26-10-4,27-11-5)28-12-6/h7-18H2,1-6H3. The maximum absolute atomic E-state index is 11.9. The lowest BCUT2D eigenvalue weighted by atomic mass is 10.5. The Morgan fingerprint density at radius 1 is 0.515 bits per heavy atom. The molecule has 0 aliphatic heterocycles. The van der Waals surface area contributed by atoms with Crippen molar-refractivity contribution in [1.82, 2.24) is 0 Å². The molecule has 33 heavy (non-hydrogen) atoms. The van der Waals surface area contributed by atoms with E-state index >= 15 is 0 Å². The van der Waals surface area contributed by atoms with E-state index in [4.69, 9.17) is 38.6 Å². The number of hydrogen-bond acceptors (Lipinski definition) is 11. The van der Waals surface area contributed by atoms with Crippen LogP contribution in [-0.2, 0) is 61.3 Å². The van der Waals surface area contributed by atoms with Crippen LogP contribution in [0.3, 0.4) is 0 Å². The summed E-state index contributed by atoms with van der Waals surface area (Å²) in [4.78, 5) is 0. The van der Waals surface area contributed by atoms with Crippen molar-refractivity contribution in [1.29, 1.82) is 0 Å². The van der Waals surface area contributed by atoms with Gasteiger partial charge in [0.15, 0.2) is 0 Å². The second kappa shape index (κ2) is 20.6. The third kappa shape index (κ3) is 15.2. The quantitative estimate of drug-likeness (QED) is 0.129. The number of rotatable bonds is 24. The lowest BCUT2D eigenvalue weighted by Crippen LogP contribution is -2.46. The minimum atomic E-state index is -2.79. The molecule has 0 radical (unpaired) electrons. The average molecular weight is 555 g/mol. The largest absolute Gasteiger partial charge is 0.501 e. The minimum absolute atomic E-state index is 0.0942. The first kappa shape index (κ1) is 33.4. The van der Waals surface area contributed by atoms with Crippen molar-refractivity contribution in [3.05, 3.63) is 0 Å². The molecule has 0 N–H and O–H groups in total. The highest BCUT2D eigenvalue weighted by molar-refractivity contribution is 7.88. The first-order chi connectivity index (χ1) is 15.9. The van der Waals surface area contributed by atoms with Crippen molar-refractivity contribution < 1.29 is 47.0 Å². The van der Waals surface area contributed by atoms with E-state index in [1.54, 1.807) is 0 Å². The second-order valence-electron chi connectivity index (χ2n) is 6.29. The highest BCUT2D eigenvalue weighted by Crippen LogP contribution is 2.19. The highest BCUT2D eigenvalue weighted by atomic mass is 32.3. The van der Waals surface area contributed by atoms with E-state index in [1.165, 1.54) is 0 Å². The van der Waals surface area contributed by atoms with Gasteiger partial charge >= 0.3 is 40.3 Å². The predicted octanol–water partition coefficient (Wildman–Crippen LogP) is 3.07. The summed E-state index contributed by atoms with van der Waals surface area (Å²) >= 11 is -4.44. The average Bonchev–Trinajstić information content (AvgIpc) is 2.75. The first-order valence-electron chi connectivity index (χ1n) is 11.5. The van der Waals surface area contributed by atoms with E-state index in [0.29, 0.717) is 64.6 Å². The maximum Gasteiger partial charge on any atom is 0.501 e. The lowest BCUT2D eigenvalue weighted by Gasteiger charge is -2.28. The molecule has 0 aromatic carbocycles. The summed E-state index contributed by atoms with van der Waals surface area (Å²) in [6.07, 6.45) is 0.960. The first-order valence-corrected chi connectivity index (χ1v) is 17.3. The molecule has 0 unspecified atom stereocenters. The van der Waals surface area contributed by atoms with Crippen LogP contribution in [-0.4, -0.2) is 78.9 Å². The van der Waals surface area contributed by atoms with E-state index in [1.807, 2.05) is 41.5 Å². The van der Waals surface area contributed by atoms with Gasteiger partial charge in [0.1, 0.15) is 0 Å². The molecule has 0 aromatic rings. The van der Waals surface area contributed by atoms with E-state index in [0.717, 1.165) is 0 Å². The van der Waals surface area contributed by atoms with E-state index in [-0.39, 0.29) is 13.2 Å². The van der Waals surface area contributed by atoms with Crippen LogP contribution in [0.25, 0.3) is 0 Å². The van der Waals surface area contributed by atoms with Gasteiger partial charge in [0.05, 0.1) is 13.2 Å². The molecular weight excluding hydrogens is 512 g/mol. The summed E-state index contributed by atoms with van der Waals surface area (Å²) in [6, 6.07) is 1.01. The summed E-state index contributed by atoms with van der Waals surface area (Å²) in [7, 11) is -5.57. The molecule has 0 aromatic heterocycles. The van der Waals surface area contributed by atoms with Crippen molar-refractivity contribution in [3.8, 4) is 0 Å². The molecule has 0 atom stereocenters. The van der Waals surface area contributed by atoms with Gasteiger partial charge in [0.25, 0.3) is 0 Å². The highest BCUT2D eigenvalue weighted by Gasteiger charge is 2.40. The predicted molar refractivity (Wildman–Crippen MR) is 129 cm³/mol. The molecule has 0 bridgehead atoms. The molecule has 0 aliphatic rings. The molecule has 0 aliphatic carbocycles. The van der Waals surface area contributed by atoms with Crippen molar-refractivity contribution in [3.63, 3.8) is 0 Å². The molecule has 0 saturated heterocycles. The van der Waals surface area contributed by atoms with Gasteiger partial charge in [-0.3, -0.25) is 8.37 Å². The maximum atomic E-state index is 11.9. The molecule has 0 spiro atoms. The smallest absolute Gasteiger partial charge is 0.374 e. The van der Waals surface area contributed by atoms with Gasteiger partial charge in [0, 0.05) is 51.7 Å². The Kier molecular flexibility index (Phi) is 20.8. The minimum Gasteiger partial charge on any atom is -0.374 e. The molecule has 0 fully saturated rings. The summed E-state index contributed by atoms with van der Waals surface area (Å²) in [5, 5.41) is 0. The fourth-order valence-corrected chi connectivity index (χ4v) is 9.26. The Labute approximate surface area is 206 Å². The molecular formula is C18H42O11S2Si2. The molecule has 0 saturated carbocycles. The normalized spacial score (nSPS) is 14.5. The molecule has 0 heterocycles. The van der Waals surface area contributed by atoms with Crippen LogP contribution in [0, 0.1) is 0 Å². The van der Waals surface area contributed by atoms with Crippen LogP contribution in [0.15, 0.2) is 0 Å². The zero-order valence-corrected chi connectivity index (χ0v) is 24.4. The lowest BCUT2D eigenvalue weighted by molar-refractivity contribution is 0.0691. The number of hydrogen-bond donors (Lipinski definition) is 0. The van der Waals surface area contributed by atoms with Gasteiger partial charge in [-0.15, -0.1) is 3.63 Å². The molecule has 15 heteroatoms. The SMILES string of the molecule is CCO[Si](CCCOS(=O)OS(=O)OCCC[Si](OCC)(OCC)OCC)(OCC)OCC. The Hall–Kier alpha value is 0.374. The van der Waals surface area contributed by atoms with Crippen LogP contribution >= 0.6 is 0 Å². The zero-order valence-electron chi connectivity index (χ0n) is 20.8. The Morgan fingerprint density at radius 3 is 1.03 bits per heavy atom. The Morgan fingerprint density at radius 2 is 0.788 bits per heavy atom. The molecule has 11 nitrogen and oxygen atoms in total. The van der Waals surface area contributed by atoms with Crippen LogP contribution in [0.4, 0.5) is 0 Å². The van der Waals surface area contributed by atoms with E-state index in [9.17, 15) is 8.42 Å². The van der Waals surface area contributed by atoms with Crippen molar-refractivity contribution in [2.75, 3.05) is 52.9 Å². The summed E-state index contributed by atoms with van der Waals surface area (Å²) in [5.74, 6) is 0. The van der Waals surface area contributed by atoms with Crippen LogP contribution in [0.2, 0.25) is 12.1 Å². The van der Waals surface area contributed by atoms with E-state index in [2.05, 4.69) is 0 Å². The Bertz CT molecular complexity index is 454. The Balaban J connectivity index is 4.30. The van der Waals surface area contributed by atoms with E-state index < -0.39 is 40.3 Å². The third-order valence-electron chi connectivity index (χ3n) is 3.91. The van der Waals surface area contributed by atoms with Gasteiger partial charge in [-0.2, -0.15) is 8.42 Å². The van der Waals surface area contributed by atoms with Gasteiger partial charge in [-0.05, 0) is 54.4 Å². The second-order valence-corrected chi connectivity index (χ2v) is 13.6. The molecule has 0 rings (SSSR count). The van der Waals surface area contributed by atoms with Gasteiger partial charge in [-0.1, -0.05) is 0 Å². The van der Waals surface area contributed by atoms with Gasteiger partial charge in [-0.25, -0.2) is 0 Å². The van der Waals surface area contributed by atoms with Gasteiger partial charge in [0.2, 0.25) is 0 Å². The fraction of sp³-hybridized carbons (Fsp3) is 1.00. The molecule has 0 amide bonds. The van der Waals surface area contributed by atoms with Crippen LogP contribution in [0.5, 0.6) is 0 Å². The van der Waals surface area contributed by atoms with Crippen molar-refractivity contribution in [2.45, 2.75) is 66.5 Å². The fourth-order valence-electron chi connectivity index (χ4n) is 2.92. The van der Waals surface area contributed by atoms with Gasteiger partial charge < -0.3 is 26.6 Å². The summed E-state index contributed by atoms with van der Waals surface area (Å²) in [5.41, 5.74) is 0. The molecule has 200 valence electrons. The zero-order chi connectivity index (χ0) is 25.0. The van der Waals surface area contributed by atoms with Crippen LogP contribution in [0.1, 0.15) is 54.4 Å². The summed E-state index contributed by atoms with van der Waals surface area (Å²) in [6.45, 7) is 14.3. The van der Waals surface area contributed by atoms with Crippen molar-refractivity contribution >= 4 is 40.3 Å². The van der Waals surface area contributed by atoms with Crippen molar-refractivity contribution in [2.24, 2.45) is 0 Å². The summed E-state index contributed by atoms with van der Waals surface area (Å²) < 4.78 is 73.1. The topological polar surface area (TPSA) is 117 Å². The monoisotopic (exact) mass is 554 g/mol.